The van der Waals surface area contributed by atoms with Crippen LogP contribution in [-0.2, 0) is 9.53 Å². The smallest absolute Gasteiger partial charge is 0.223 e. The van der Waals surface area contributed by atoms with Crippen LogP contribution in [0.25, 0.3) is 0 Å². The Morgan fingerprint density at radius 1 is 1.41 bits per heavy atom. The zero-order valence-electron chi connectivity index (χ0n) is 12.5. The quantitative estimate of drug-likeness (QED) is 0.770. The molecule has 0 unspecified atom stereocenters. The Morgan fingerprint density at radius 3 is 2.91 bits per heavy atom. The van der Waals surface area contributed by atoms with E-state index in [4.69, 9.17) is 4.74 Å². The van der Waals surface area contributed by atoms with Crippen LogP contribution >= 0.6 is 0 Å². The second-order valence-electron chi connectivity index (χ2n) is 6.35. The molecule has 5 heteroatoms. The van der Waals surface area contributed by atoms with Crippen LogP contribution in [0, 0.1) is 17.7 Å². The molecule has 0 radical (unpaired) electrons. The first-order chi connectivity index (χ1) is 10.6. The Labute approximate surface area is 129 Å². The average Bonchev–Trinajstić information content (AvgIpc) is 3.39. The summed E-state index contributed by atoms with van der Waals surface area (Å²) in [5, 5.41) is 12.5. The van der Waals surface area contributed by atoms with Crippen molar-refractivity contribution in [2.45, 2.75) is 31.3 Å². The van der Waals surface area contributed by atoms with Crippen molar-refractivity contribution in [3.63, 3.8) is 0 Å². The third kappa shape index (κ3) is 4.05. The number of rotatable bonds is 8. The van der Waals surface area contributed by atoms with E-state index in [1.165, 1.54) is 18.9 Å². The monoisotopic (exact) mass is 307 g/mol. The lowest BCUT2D eigenvalue weighted by Gasteiger charge is -2.12. The van der Waals surface area contributed by atoms with Crippen LogP contribution in [0.4, 0.5) is 4.39 Å². The van der Waals surface area contributed by atoms with Crippen LogP contribution in [0.2, 0.25) is 0 Å². The van der Waals surface area contributed by atoms with Crippen LogP contribution in [-0.4, -0.2) is 36.9 Å². The Hall–Kier alpha value is -1.46. The number of carbonyl (C=O) groups excluding carboxylic acids is 1. The van der Waals surface area contributed by atoms with Gasteiger partial charge >= 0.3 is 0 Å². The molecular formula is C17H22FNO3. The Balaban J connectivity index is 1.37. The molecule has 0 bridgehead atoms. The van der Waals surface area contributed by atoms with Crippen molar-refractivity contribution in [1.82, 2.24) is 5.32 Å². The highest BCUT2D eigenvalue weighted by Crippen LogP contribution is 2.48. The van der Waals surface area contributed by atoms with Gasteiger partial charge in [0.1, 0.15) is 5.82 Å². The van der Waals surface area contributed by atoms with Gasteiger partial charge in [-0.25, -0.2) is 4.39 Å². The predicted octanol–water partition coefficient (Wildman–Crippen LogP) is 1.83. The van der Waals surface area contributed by atoms with Crippen molar-refractivity contribution in [2.24, 2.45) is 11.8 Å². The third-order valence-electron chi connectivity index (χ3n) is 4.30. The number of hydrogen-bond donors (Lipinski definition) is 2. The van der Waals surface area contributed by atoms with Gasteiger partial charge in [-0.05, 0) is 42.7 Å². The van der Waals surface area contributed by atoms with E-state index in [-0.39, 0.29) is 36.7 Å². The van der Waals surface area contributed by atoms with Gasteiger partial charge in [-0.3, -0.25) is 4.79 Å². The lowest BCUT2D eigenvalue weighted by molar-refractivity contribution is -0.123. The molecule has 2 N–H and O–H groups in total. The van der Waals surface area contributed by atoms with E-state index in [1.807, 2.05) is 0 Å². The highest BCUT2D eigenvalue weighted by Gasteiger charge is 2.45. The van der Waals surface area contributed by atoms with E-state index in [2.05, 4.69) is 5.32 Å². The molecule has 4 nitrogen and oxygen atoms in total. The summed E-state index contributed by atoms with van der Waals surface area (Å²) in [6, 6.07) is 6.58. The Bertz CT molecular complexity index is 532. The number of amides is 1. The maximum atomic E-state index is 13.7. The zero-order chi connectivity index (χ0) is 15.5. The minimum Gasteiger partial charge on any atom is -0.389 e. The molecule has 0 heterocycles. The largest absolute Gasteiger partial charge is 0.389 e. The molecule has 1 aromatic carbocycles. The predicted molar refractivity (Wildman–Crippen MR) is 79.8 cm³/mol. The van der Waals surface area contributed by atoms with E-state index < -0.39 is 6.10 Å². The van der Waals surface area contributed by atoms with Crippen molar-refractivity contribution in [3.05, 3.63) is 35.6 Å². The SMILES string of the molecule is O=C(NC[C@H](O)COCC1CC1)[C@H]1C[C@H]1c1ccccc1F. The van der Waals surface area contributed by atoms with E-state index >= 15 is 0 Å². The number of hydrogen-bond acceptors (Lipinski definition) is 3. The van der Waals surface area contributed by atoms with Gasteiger partial charge < -0.3 is 15.2 Å². The van der Waals surface area contributed by atoms with Crippen LogP contribution in [0.1, 0.15) is 30.7 Å². The number of aliphatic hydroxyl groups excluding tert-OH is 1. The Morgan fingerprint density at radius 2 is 2.18 bits per heavy atom. The van der Waals surface area contributed by atoms with Crippen molar-refractivity contribution in [2.75, 3.05) is 19.8 Å². The summed E-state index contributed by atoms with van der Waals surface area (Å²) in [5.74, 6) is 0.0709. The summed E-state index contributed by atoms with van der Waals surface area (Å²) in [7, 11) is 0. The summed E-state index contributed by atoms with van der Waals surface area (Å²) in [4.78, 5) is 12.0. The molecule has 2 aliphatic rings. The molecule has 2 fully saturated rings. The first kappa shape index (κ1) is 15.4. The maximum absolute atomic E-state index is 13.7. The molecule has 0 saturated heterocycles. The topological polar surface area (TPSA) is 58.6 Å². The lowest BCUT2D eigenvalue weighted by atomic mass is 10.1. The van der Waals surface area contributed by atoms with Gasteiger partial charge in [0.15, 0.2) is 0 Å². The molecule has 1 aromatic rings. The summed E-state index contributed by atoms with van der Waals surface area (Å²) in [6.45, 7) is 1.13. The Kier molecular flexibility index (Phi) is 4.74. The van der Waals surface area contributed by atoms with Gasteiger partial charge in [0.25, 0.3) is 0 Å². The van der Waals surface area contributed by atoms with Crippen LogP contribution in [0.15, 0.2) is 24.3 Å². The summed E-state index contributed by atoms with van der Waals surface area (Å²) < 4.78 is 19.0. The second kappa shape index (κ2) is 6.75. The van der Waals surface area contributed by atoms with Gasteiger partial charge in [0.05, 0.1) is 12.7 Å². The van der Waals surface area contributed by atoms with Crippen molar-refractivity contribution >= 4 is 5.91 Å². The zero-order valence-corrected chi connectivity index (χ0v) is 12.5. The van der Waals surface area contributed by atoms with Gasteiger partial charge in [-0.2, -0.15) is 0 Å². The fourth-order valence-electron chi connectivity index (χ4n) is 2.67. The lowest BCUT2D eigenvalue weighted by Crippen LogP contribution is -2.35. The van der Waals surface area contributed by atoms with E-state index in [0.29, 0.717) is 24.5 Å². The molecule has 0 aliphatic heterocycles. The molecule has 2 saturated carbocycles. The van der Waals surface area contributed by atoms with E-state index in [1.54, 1.807) is 18.2 Å². The van der Waals surface area contributed by atoms with Gasteiger partial charge in [0.2, 0.25) is 5.91 Å². The average molecular weight is 307 g/mol. The van der Waals surface area contributed by atoms with Gasteiger partial charge in [-0.1, -0.05) is 18.2 Å². The fraction of sp³-hybridized carbons (Fsp3) is 0.588. The van der Waals surface area contributed by atoms with E-state index in [9.17, 15) is 14.3 Å². The number of ether oxygens (including phenoxy) is 1. The fourth-order valence-corrected chi connectivity index (χ4v) is 2.67. The van der Waals surface area contributed by atoms with Gasteiger partial charge in [0, 0.05) is 19.1 Å². The summed E-state index contributed by atoms with van der Waals surface area (Å²) in [5.41, 5.74) is 0.607. The van der Waals surface area contributed by atoms with Crippen molar-refractivity contribution in [3.8, 4) is 0 Å². The first-order valence-electron chi connectivity index (χ1n) is 7.93. The normalized spacial score (nSPS) is 24.8. The molecule has 0 aromatic heterocycles. The third-order valence-corrected chi connectivity index (χ3v) is 4.30. The molecular weight excluding hydrogens is 285 g/mol. The molecule has 3 atom stereocenters. The van der Waals surface area contributed by atoms with Crippen LogP contribution in [0.3, 0.4) is 0 Å². The number of halogens is 1. The van der Waals surface area contributed by atoms with Crippen LogP contribution < -0.4 is 5.32 Å². The molecule has 1 amide bonds. The maximum Gasteiger partial charge on any atom is 0.223 e. The van der Waals surface area contributed by atoms with Crippen molar-refractivity contribution < 1.29 is 19.0 Å². The standard InChI is InChI=1S/C17H22FNO3/c18-16-4-2-1-3-13(16)14-7-15(14)17(21)19-8-12(20)10-22-9-11-5-6-11/h1-4,11-12,14-15,20H,5-10H2,(H,19,21)/t12-,14-,15-/m0/s1. The highest BCUT2D eigenvalue weighted by atomic mass is 19.1. The minimum absolute atomic E-state index is 0.0375. The molecule has 22 heavy (non-hydrogen) atoms. The number of carbonyl (C=O) groups is 1. The number of benzene rings is 1. The minimum atomic E-state index is -0.687. The second-order valence-corrected chi connectivity index (χ2v) is 6.35. The molecule has 3 rings (SSSR count). The number of nitrogens with one attached hydrogen (secondary N) is 1. The van der Waals surface area contributed by atoms with Crippen LogP contribution in [0.5, 0.6) is 0 Å². The van der Waals surface area contributed by atoms with Crippen molar-refractivity contribution in [1.29, 1.82) is 0 Å². The summed E-state index contributed by atoms with van der Waals surface area (Å²) >= 11 is 0. The highest BCUT2D eigenvalue weighted by molar-refractivity contribution is 5.82. The first-order valence-corrected chi connectivity index (χ1v) is 7.93. The van der Waals surface area contributed by atoms with Gasteiger partial charge in [-0.15, -0.1) is 0 Å². The van der Waals surface area contributed by atoms with E-state index in [0.717, 1.165) is 0 Å². The molecule has 120 valence electrons. The summed E-state index contributed by atoms with van der Waals surface area (Å²) in [6.07, 6.45) is 2.41. The molecule has 0 spiro atoms. The number of aliphatic hydroxyl groups is 1. The molecule has 2 aliphatic carbocycles.